The Morgan fingerprint density at radius 1 is 1.44 bits per heavy atom. The molecule has 0 unspecified atom stereocenters. The first-order chi connectivity index (χ1) is 12.9. The highest BCUT2D eigenvalue weighted by atomic mass is 16.6. The van der Waals surface area contributed by atoms with Crippen molar-refractivity contribution >= 4 is 35.3 Å². The molecule has 12 nitrogen and oxygen atoms in total. The van der Waals surface area contributed by atoms with E-state index < -0.39 is 16.2 Å². The number of H-pyrrole nitrogens is 1. The summed E-state index contributed by atoms with van der Waals surface area (Å²) in [7, 11) is 1.51. The third-order valence-corrected chi connectivity index (χ3v) is 3.70. The average molecular weight is 373 g/mol. The number of nitrogens with one attached hydrogen (secondary N) is 2. The predicted molar refractivity (Wildman–Crippen MR) is 97.8 cm³/mol. The first kappa shape index (κ1) is 17.8. The van der Waals surface area contributed by atoms with E-state index in [2.05, 4.69) is 20.5 Å². The second kappa shape index (κ2) is 7.11. The molecule has 0 aliphatic heterocycles. The van der Waals surface area contributed by atoms with Gasteiger partial charge in [-0.2, -0.15) is 10.1 Å². The summed E-state index contributed by atoms with van der Waals surface area (Å²) < 4.78 is 7.79. The van der Waals surface area contributed by atoms with Crippen molar-refractivity contribution in [2.45, 2.75) is 13.5 Å². The lowest BCUT2D eigenvalue weighted by Crippen LogP contribution is -2.29. The lowest BCUT2D eigenvalue weighted by atomic mass is 10.4. The average Bonchev–Trinajstić information content (AvgIpc) is 3.24. The lowest BCUT2D eigenvalue weighted by Gasteiger charge is -2.03. The molecular weight excluding hydrogens is 358 g/mol. The van der Waals surface area contributed by atoms with E-state index in [0.29, 0.717) is 12.3 Å². The van der Waals surface area contributed by atoms with Crippen molar-refractivity contribution in [3.05, 3.63) is 54.9 Å². The van der Waals surface area contributed by atoms with Gasteiger partial charge in [0.15, 0.2) is 11.2 Å². The van der Waals surface area contributed by atoms with Crippen LogP contribution in [0.15, 0.2) is 37.3 Å². The van der Waals surface area contributed by atoms with E-state index in [0.717, 1.165) is 0 Å². The molecule has 0 saturated heterocycles. The maximum atomic E-state index is 12.1. The molecule has 0 fully saturated rings. The van der Waals surface area contributed by atoms with Crippen molar-refractivity contribution in [1.29, 1.82) is 0 Å². The molecule has 0 atom stereocenters. The molecule has 3 heterocycles. The first-order valence-corrected chi connectivity index (χ1v) is 7.82. The zero-order valence-corrected chi connectivity index (χ0v) is 14.4. The molecule has 27 heavy (non-hydrogen) atoms. The first-order valence-electron chi connectivity index (χ1n) is 7.82. The van der Waals surface area contributed by atoms with Gasteiger partial charge in [-0.1, -0.05) is 0 Å². The van der Waals surface area contributed by atoms with Crippen LogP contribution in [0.4, 0.5) is 11.8 Å². The van der Waals surface area contributed by atoms with Gasteiger partial charge in [-0.25, -0.2) is 10.2 Å². The third-order valence-electron chi connectivity index (χ3n) is 3.70. The summed E-state index contributed by atoms with van der Waals surface area (Å²) in [5.41, 5.74) is 2.11. The van der Waals surface area contributed by atoms with Gasteiger partial charge in [-0.05, 0) is 25.1 Å². The molecule has 0 saturated carbocycles. The van der Waals surface area contributed by atoms with Crippen LogP contribution in [-0.2, 0) is 13.6 Å². The highest BCUT2D eigenvalue weighted by molar-refractivity contribution is 5.78. The van der Waals surface area contributed by atoms with Crippen LogP contribution < -0.4 is 16.7 Å². The van der Waals surface area contributed by atoms with Crippen LogP contribution in [0.2, 0.25) is 0 Å². The van der Waals surface area contributed by atoms with Crippen molar-refractivity contribution in [3.8, 4) is 0 Å². The van der Waals surface area contributed by atoms with Crippen LogP contribution >= 0.6 is 0 Å². The van der Waals surface area contributed by atoms with E-state index >= 15 is 0 Å². The number of nitrogens with zero attached hydrogens (tertiary/aromatic N) is 5. The Morgan fingerprint density at radius 3 is 2.89 bits per heavy atom. The molecule has 3 rings (SSSR count). The summed E-state index contributed by atoms with van der Waals surface area (Å²) in [6.07, 6.45) is 4.39. The molecule has 0 spiro atoms. The number of furan rings is 1. The van der Waals surface area contributed by atoms with Crippen molar-refractivity contribution in [1.82, 2.24) is 19.1 Å². The molecule has 0 bridgehead atoms. The lowest BCUT2D eigenvalue weighted by molar-refractivity contribution is -0.402. The fourth-order valence-electron chi connectivity index (χ4n) is 2.43. The Balaban J connectivity index is 1.81. The van der Waals surface area contributed by atoms with Crippen molar-refractivity contribution in [3.63, 3.8) is 0 Å². The van der Waals surface area contributed by atoms with Crippen molar-refractivity contribution < 1.29 is 9.34 Å². The normalized spacial score (nSPS) is 11.8. The number of aromatic nitrogens is 4. The molecule has 0 aliphatic carbocycles. The highest BCUT2D eigenvalue weighted by Gasteiger charge is 2.15. The van der Waals surface area contributed by atoms with Crippen molar-refractivity contribution in [2.24, 2.45) is 12.1 Å². The van der Waals surface area contributed by atoms with E-state index in [1.165, 1.54) is 42.1 Å². The number of anilines is 1. The van der Waals surface area contributed by atoms with Gasteiger partial charge in [0.2, 0.25) is 5.95 Å². The van der Waals surface area contributed by atoms with Crippen LogP contribution in [0, 0.1) is 10.1 Å². The number of fused-ring (bicyclic) bond motifs is 1. The monoisotopic (exact) mass is 373 g/mol. The Morgan fingerprint density at radius 2 is 2.22 bits per heavy atom. The molecule has 2 N–H and O–H groups in total. The number of hydrogen-bond donors (Lipinski definition) is 2. The summed E-state index contributed by atoms with van der Waals surface area (Å²) in [6, 6.07) is 2.71. The van der Waals surface area contributed by atoms with E-state index in [1.807, 2.05) is 6.92 Å². The van der Waals surface area contributed by atoms with Gasteiger partial charge in [0, 0.05) is 19.8 Å². The van der Waals surface area contributed by atoms with Gasteiger partial charge in [0.25, 0.3) is 5.56 Å². The van der Waals surface area contributed by atoms with Crippen LogP contribution in [-0.4, -0.2) is 30.2 Å². The molecule has 140 valence electrons. The van der Waals surface area contributed by atoms with Gasteiger partial charge in [-0.15, -0.1) is 0 Å². The van der Waals surface area contributed by atoms with Gasteiger partial charge in [-0.3, -0.25) is 24.5 Å². The smallest absolute Gasteiger partial charge is 0.401 e. The van der Waals surface area contributed by atoms with E-state index in [4.69, 9.17) is 4.42 Å². The minimum absolute atomic E-state index is 0.238. The number of aromatic amines is 1. The molecule has 0 aliphatic rings. The molecular formula is C15H15N7O5. The topological polar surface area (TPSA) is 153 Å². The fourth-order valence-corrected chi connectivity index (χ4v) is 2.43. The number of hydrogen-bond acceptors (Lipinski definition) is 8. The predicted octanol–water partition coefficient (Wildman–Crippen LogP) is 1.06. The minimum Gasteiger partial charge on any atom is -0.401 e. The molecule has 0 amide bonds. The molecule has 3 aromatic rings. The number of hydrazone groups is 1. The number of allylic oxidation sites excluding steroid dienone is 1. The second-order valence-corrected chi connectivity index (χ2v) is 5.35. The summed E-state index contributed by atoms with van der Waals surface area (Å²) in [5.74, 6) is 0.241. The largest absolute Gasteiger partial charge is 0.433 e. The molecule has 3 aromatic heterocycles. The number of nitro groups is 1. The summed E-state index contributed by atoms with van der Waals surface area (Å²) in [6.45, 7) is 2.26. The highest BCUT2D eigenvalue weighted by Crippen LogP contribution is 2.16. The standard InChI is InChI=1S/C15H15N7O5/c1-3-21-11-12(20(2)15(24)18-13(11)23)17-14(21)19-16-8-4-5-9-6-7-10(27-9)22(25)26/h4-8H,3H2,1-2H3,(H,17,19)(H,18,23,24)/b5-4+,16-8-. The van der Waals surface area contributed by atoms with Crippen LogP contribution in [0.5, 0.6) is 0 Å². The Bertz CT molecular complexity index is 1180. The number of imidazole rings is 1. The van der Waals surface area contributed by atoms with Crippen LogP contribution in [0.3, 0.4) is 0 Å². The van der Waals surface area contributed by atoms with E-state index in [1.54, 1.807) is 4.57 Å². The number of rotatable bonds is 6. The van der Waals surface area contributed by atoms with Crippen LogP contribution in [0.25, 0.3) is 17.2 Å². The van der Waals surface area contributed by atoms with Crippen molar-refractivity contribution in [2.75, 3.05) is 5.43 Å². The summed E-state index contributed by atoms with van der Waals surface area (Å²) in [4.78, 5) is 40.1. The quantitative estimate of drug-likeness (QED) is 0.372. The van der Waals surface area contributed by atoms with E-state index in [9.17, 15) is 19.7 Å². The van der Waals surface area contributed by atoms with E-state index in [-0.39, 0.29) is 23.0 Å². The Hall–Kier alpha value is -3.96. The van der Waals surface area contributed by atoms with Gasteiger partial charge in [0.05, 0.1) is 6.07 Å². The van der Waals surface area contributed by atoms with Gasteiger partial charge < -0.3 is 8.98 Å². The van der Waals surface area contributed by atoms with Crippen LogP contribution in [0.1, 0.15) is 12.7 Å². The van der Waals surface area contributed by atoms with Gasteiger partial charge in [0.1, 0.15) is 10.7 Å². The SMILES string of the molecule is CCn1c(N/N=C\C=C\c2ccc([N+](=O)[O-])o2)nc2c1c(=O)[nH]c(=O)n2C. The maximum absolute atomic E-state index is 12.1. The Kier molecular flexibility index (Phi) is 4.70. The molecule has 0 radical (unpaired) electrons. The fraction of sp³-hybridized carbons (Fsp3) is 0.200. The zero-order chi connectivity index (χ0) is 19.6. The number of aryl methyl sites for hydroxylation is 2. The van der Waals surface area contributed by atoms with Gasteiger partial charge >= 0.3 is 11.6 Å². The third kappa shape index (κ3) is 3.40. The molecule has 0 aromatic carbocycles. The summed E-state index contributed by atoms with van der Waals surface area (Å²) in [5, 5.41) is 14.5. The Labute approximate surface area is 150 Å². The maximum Gasteiger partial charge on any atom is 0.433 e. The molecule has 12 heteroatoms. The second-order valence-electron chi connectivity index (χ2n) is 5.35. The zero-order valence-electron chi connectivity index (χ0n) is 14.4. The minimum atomic E-state index is -0.628. The summed E-state index contributed by atoms with van der Waals surface area (Å²) >= 11 is 0.